The Morgan fingerprint density at radius 2 is 1.90 bits per heavy atom. The maximum absolute atomic E-state index is 5.41. The van der Waals surface area contributed by atoms with Crippen LogP contribution in [-0.4, -0.2) is 37.7 Å². The van der Waals surface area contributed by atoms with Crippen LogP contribution < -0.4 is 9.79 Å². The number of hydrogen-bond donors (Lipinski definition) is 0. The maximum atomic E-state index is 5.41. The number of aromatic nitrogens is 1. The third-order valence-corrected chi connectivity index (χ3v) is 6.80. The largest absolute Gasteiger partial charge is 0.459 e. The molecule has 5 heteroatoms. The summed E-state index contributed by atoms with van der Waals surface area (Å²) in [6, 6.07) is 4.07. The summed E-state index contributed by atoms with van der Waals surface area (Å²) < 4.78 is 0. The van der Waals surface area contributed by atoms with Crippen molar-refractivity contribution in [3.8, 4) is 10.9 Å². The lowest BCUT2D eigenvalue weighted by Gasteiger charge is -2.31. The molecule has 4 nitrogen and oxygen atoms in total. The van der Waals surface area contributed by atoms with Gasteiger partial charge in [0, 0.05) is 31.1 Å². The van der Waals surface area contributed by atoms with Crippen molar-refractivity contribution in [2.24, 2.45) is 11.8 Å². The van der Waals surface area contributed by atoms with Crippen molar-refractivity contribution in [3.63, 3.8) is 0 Å². The summed E-state index contributed by atoms with van der Waals surface area (Å²) >= 11 is 0. The van der Waals surface area contributed by atoms with Gasteiger partial charge in [0.1, 0.15) is 0 Å². The van der Waals surface area contributed by atoms with Gasteiger partial charge in [-0.15, -0.1) is 12.5 Å². The van der Waals surface area contributed by atoms with Crippen molar-refractivity contribution < 1.29 is 9.78 Å². The van der Waals surface area contributed by atoms with Crippen molar-refractivity contribution in [1.82, 2.24) is 4.98 Å². The minimum atomic E-state index is 0.215. The van der Waals surface area contributed by atoms with E-state index in [1.54, 1.807) is 7.11 Å². The van der Waals surface area contributed by atoms with E-state index in [1.165, 1.54) is 36.0 Å². The lowest BCUT2D eigenvalue weighted by atomic mass is 9.77. The molecule has 2 atom stereocenters. The van der Waals surface area contributed by atoms with Crippen LogP contribution in [0.15, 0.2) is 34.9 Å². The number of rotatable bonds is 5. The Labute approximate surface area is 178 Å². The summed E-state index contributed by atoms with van der Waals surface area (Å²) in [5.41, 5.74) is 5.33. The van der Waals surface area contributed by atoms with Crippen molar-refractivity contribution in [1.29, 1.82) is 0 Å². The lowest BCUT2D eigenvalue weighted by Crippen LogP contribution is -2.30. The van der Waals surface area contributed by atoms with Crippen LogP contribution in [0.4, 0.5) is 5.82 Å². The fraction of sp³-hybridized carbons (Fsp3) is 0.583. The summed E-state index contributed by atoms with van der Waals surface area (Å²) in [5, 5.41) is 3.71. The van der Waals surface area contributed by atoms with Crippen LogP contribution in [0.1, 0.15) is 45.7 Å². The predicted octanol–water partition coefficient (Wildman–Crippen LogP) is 4.92. The van der Waals surface area contributed by atoms with Crippen molar-refractivity contribution in [2.45, 2.75) is 46.5 Å². The van der Waals surface area contributed by atoms with Crippen LogP contribution in [-0.2, 0) is 21.6 Å². The first-order valence-corrected chi connectivity index (χ1v) is 12.6. The Balaban J connectivity index is 1.89. The highest BCUT2D eigenvalue weighted by molar-refractivity contribution is 7.85. The molecule has 0 amide bonds. The molecule has 2 heterocycles. The first kappa shape index (κ1) is 22.0. The zero-order valence-electron chi connectivity index (χ0n) is 18.7. The zero-order chi connectivity index (χ0) is 21.0. The molecule has 0 spiro atoms. The quantitative estimate of drug-likeness (QED) is 0.388. The van der Waals surface area contributed by atoms with Gasteiger partial charge in [-0.05, 0) is 56.7 Å². The summed E-state index contributed by atoms with van der Waals surface area (Å²) in [6.07, 6.45) is 11.4. The summed E-state index contributed by atoms with van der Waals surface area (Å²) in [4.78, 5) is 17.7. The highest BCUT2D eigenvalue weighted by atomic mass is 32.2. The van der Waals surface area contributed by atoms with Crippen molar-refractivity contribution >= 4 is 16.1 Å². The van der Waals surface area contributed by atoms with Crippen LogP contribution in [0.5, 0.6) is 5.75 Å². The van der Waals surface area contributed by atoms with Gasteiger partial charge in [0.2, 0.25) is 5.75 Å². The molecule has 1 fully saturated rings. The van der Waals surface area contributed by atoms with Gasteiger partial charge in [0.05, 0.1) is 7.11 Å². The summed E-state index contributed by atoms with van der Waals surface area (Å²) in [6.45, 7) is 8.89. The number of anilines is 1. The molecule has 3 rings (SSSR count). The smallest absolute Gasteiger partial charge is 0.207 e. The molecule has 1 saturated heterocycles. The highest BCUT2D eigenvalue weighted by Crippen LogP contribution is 2.36. The van der Waals surface area contributed by atoms with E-state index >= 15 is 0 Å². The average molecular weight is 416 g/mol. The molecular formula is C24H35N2O2S-. The highest BCUT2D eigenvalue weighted by Gasteiger charge is 2.24. The van der Waals surface area contributed by atoms with E-state index in [2.05, 4.69) is 55.5 Å². The van der Waals surface area contributed by atoms with E-state index in [1.807, 2.05) is 6.07 Å². The standard InChI is InChI=1S/C24H35N2O2S/c1-17-14-20(16-29(5)6)18(2)19(3)22(17)15-21-10-11-23(28-27-4)24(25-21)26-12-8-7-9-13-26/h10-11,14,18,20H,7-9,12-13,15H2,1-6H3/q-1. The molecule has 0 saturated carbocycles. The monoisotopic (exact) mass is 415 g/mol. The second-order valence-electron chi connectivity index (χ2n) is 8.36. The molecule has 1 aromatic rings. The fourth-order valence-corrected chi connectivity index (χ4v) is 5.11. The van der Waals surface area contributed by atoms with Gasteiger partial charge in [-0.2, -0.15) is 4.89 Å². The summed E-state index contributed by atoms with van der Waals surface area (Å²) in [5.74, 6) is 2.51. The third-order valence-electron chi connectivity index (χ3n) is 6.06. The molecule has 2 unspecified atom stereocenters. The Morgan fingerprint density at radius 1 is 1.17 bits per heavy atom. The van der Waals surface area contributed by atoms with Crippen molar-refractivity contribution in [3.05, 3.63) is 40.6 Å². The van der Waals surface area contributed by atoms with Gasteiger partial charge in [-0.1, -0.05) is 24.1 Å². The second kappa shape index (κ2) is 9.88. The fourth-order valence-electron chi connectivity index (χ4n) is 4.30. The van der Waals surface area contributed by atoms with Gasteiger partial charge in [-0.3, -0.25) is 5.18 Å². The molecule has 1 aliphatic heterocycles. The van der Waals surface area contributed by atoms with Crippen LogP contribution in [0.2, 0.25) is 0 Å². The third kappa shape index (κ3) is 5.28. The molecule has 1 aromatic heterocycles. The van der Waals surface area contributed by atoms with Gasteiger partial charge >= 0.3 is 0 Å². The first-order valence-electron chi connectivity index (χ1n) is 10.6. The molecule has 29 heavy (non-hydrogen) atoms. The number of hydrogen-bond acceptors (Lipinski definition) is 5. The van der Waals surface area contributed by atoms with E-state index in [9.17, 15) is 0 Å². The van der Waals surface area contributed by atoms with Crippen LogP contribution >= 0.6 is 0 Å². The van der Waals surface area contributed by atoms with Crippen LogP contribution in [0, 0.1) is 17.0 Å². The van der Waals surface area contributed by atoms with Gasteiger partial charge in [-0.25, -0.2) is 4.98 Å². The minimum Gasteiger partial charge on any atom is -0.459 e. The van der Waals surface area contributed by atoms with Crippen LogP contribution in [0.3, 0.4) is 0 Å². The predicted molar refractivity (Wildman–Crippen MR) is 124 cm³/mol. The number of allylic oxidation sites excluding steroid dienone is 4. The van der Waals surface area contributed by atoms with E-state index in [0.29, 0.717) is 17.6 Å². The van der Waals surface area contributed by atoms with Crippen LogP contribution in [0.25, 0.3) is 0 Å². The summed E-state index contributed by atoms with van der Waals surface area (Å²) in [7, 11) is 1.76. The lowest BCUT2D eigenvalue weighted by molar-refractivity contribution is -0.177. The molecule has 160 valence electrons. The van der Waals surface area contributed by atoms with E-state index < -0.39 is 0 Å². The SMILES string of the molecule is COOc1ccc(CC2=C(C)C(C)C(C#[S-](C)C)C=C2C)nc1N1CCCCC1. The first-order chi connectivity index (χ1) is 13.9. The van der Waals surface area contributed by atoms with E-state index in [0.717, 1.165) is 31.0 Å². The van der Waals surface area contributed by atoms with Gasteiger partial charge in [0.15, 0.2) is 5.82 Å². The Hall–Kier alpha value is -1.68. The Morgan fingerprint density at radius 3 is 2.55 bits per heavy atom. The molecule has 0 bridgehead atoms. The molecule has 0 aromatic carbocycles. The van der Waals surface area contributed by atoms with Gasteiger partial charge < -0.3 is 20.1 Å². The van der Waals surface area contributed by atoms with Crippen molar-refractivity contribution in [2.75, 3.05) is 37.6 Å². The molecule has 0 N–H and O–H groups in total. The Kier molecular flexibility index (Phi) is 7.50. The van der Waals surface area contributed by atoms with Gasteiger partial charge in [0.25, 0.3) is 0 Å². The molecule has 0 radical (unpaired) electrons. The zero-order valence-corrected chi connectivity index (χ0v) is 19.6. The average Bonchev–Trinajstić information content (AvgIpc) is 2.70. The molecule has 2 aliphatic rings. The number of piperidine rings is 1. The molecular weight excluding hydrogens is 380 g/mol. The number of pyridine rings is 1. The second-order valence-corrected chi connectivity index (χ2v) is 10.2. The molecule has 1 aliphatic carbocycles. The number of nitrogens with zero attached hydrogens (tertiary/aromatic N) is 2. The van der Waals surface area contributed by atoms with E-state index in [4.69, 9.17) is 14.8 Å². The topological polar surface area (TPSA) is 34.6 Å². The maximum Gasteiger partial charge on any atom is 0.207 e. The minimum absolute atomic E-state index is 0.215. The Bertz CT molecular complexity index is 879. The van der Waals surface area contributed by atoms with E-state index in [-0.39, 0.29) is 10.3 Å². The normalized spacial score (nSPS) is 22.6.